The quantitative estimate of drug-likeness (QED) is 0.367. The first-order valence-electron chi connectivity index (χ1n) is 3.96. The Hall–Kier alpha value is -1.37. The van der Waals surface area contributed by atoms with Gasteiger partial charge in [0.05, 0.1) is 17.4 Å². The van der Waals surface area contributed by atoms with Crippen molar-refractivity contribution in [2.75, 3.05) is 0 Å². The van der Waals surface area contributed by atoms with Gasteiger partial charge in [0, 0.05) is 11.6 Å². The molecule has 0 aliphatic rings. The molecule has 0 bridgehead atoms. The first kappa shape index (κ1) is 12.7. The molecule has 16 heavy (non-hydrogen) atoms. The highest BCUT2D eigenvalue weighted by Crippen LogP contribution is 2.28. The zero-order chi connectivity index (χ0) is 12.3. The molecule has 1 heterocycles. The molecule has 84 valence electrons. The van der Waals surface area contributed by atoms with Gasteiger partial charge in [-0.05, 0) is 22.6 Å². The van der Waals surface area contributed by atoms with Crippen LogP contribution in [0.1, 0.15) is 17.7 Å². The number of nitriles is 1. The number of rotatable bonds is 3. The lowest BCUT2D eigenvalue weighted by Gasteiger charge is -2.05. The third kappa shape index (κ3) is 2.60. The van der Waals surface area contributed by atoms with Gasteiger partial charge in [0.25, 0.3) is 6.43 Å². The number of halogens is 3. The van der Waals surface area contributed by atoms with Crippen molar-refractivity contribution in [1.29, 1.82) is 5.26 Å². The van der Waals surface area contributed by atoms with Crippen LogP contribution < -0.4 is 0 Å². The lowest BCUT2D eigenvalue weighted by Crippen LogP contribution is -2.04. The second-order valence-corrected chi connectivity index (χ2v) is 3.76. The summed E-state index contributed by atoms with van der Waals surface area (Å²) in [7, 11) is 0. The minimum absolute atomic E-state index is 0.107. The first-order valence-corrected chi connectivity index (χ1v) is 5.04. The molecule has 0 aromatic carbocycles. The van der Waals surface area contributed by atoms with E-state index in [1.54, 1.807) is 6.07 Å². The fourth-order valence-corrected chi connectivity index (χ4v) is 1.69. The molecule has 0 N–H and O–H groups in total. The summed E-state index contributed by atoms with van der Waals surface area (Å²) < 4.78 is 24.9. The van der Waals surface area contributed by atoms with E-state index in [0.717, 1.165) is 6.07 Å². The molecule has 1 aromatic heterocycles. The van der Waals surface area contributed by atoms with Crippen LogP contribution in [0.5, 0.6) is 0 Å². The molecular formula is C8H4F2IN3O2. The fraction of sp³-hybridized carbons (Fsp3) is 0.250. The summed E-state index contributed by atoms with van der Waals surface area (Å²) >= 11 is 1.51. The predicted molar refractivity (Wildman–Crippen MR) is 57.9 cm³/mol. The zero-order valence-electron chi connectivity index (χ0n) is 7.65. The number of nitrogens with zero attached hydrogens (tertiary/aromatic N) is 3. The van der Waals surface area contributed by atoms with Crippen molar-refractivity contribution >= 4 is 28.3 Å². The van der Waals surface area contributed by atoms with E-state index in [0.29, 0.717) is 0 Å². The molecule has 5 nitrogen and oxygen atoms in total. The van der Waals surface area contributed by atoms with Gasteiger partial charge in [-0.25, -0.2) is 13.8 Å². The maximum absolute atomic E-state index is 12.5. The van der Waals surface area contributed by atoms with Crippen LogP contribution in [0.2, 0.25) is 0 Å². The van der Waals surface area contributed by atoms with Crippen LogP contribution >= 0.6 is 22.6 Å². The van der Waals surface area contributed by atoms with Crippen LogP contribution in [-0.2, 0) is 6.42 Å². The molecule has 0 spiro atoms. The number of alkyl halides is 2. The lowest BCUT2D eigenvalue weighted by atomic mass is 10.1. The fourth-order valence-electron chi connectivity index (χ4n) is 1.08. The van der Waals surface area contributed by atoms with E-state index < -0.39 is 17.0 Å². The molecule has 0 saturated carbocycles. The van der Waals surface area contributed by atoms with Crippen molar-refractivity contribution in [3.05, 3.63) is 31.1 Å². The van der Waals surface area contributed by atoms with Crippen LogP contribution in [0, 0.1) is 25.1 Å². The van der Waals surface area contributed by atoms with E-state index in [9.17, 15) is 18.9 Å². The molecule has 0 saturated heterocycles. The van der Waals surface area contributed by atoms with Crippen LogP contribution in [0.3, 0.4) is 0 Å². The van der Waals surface area contributed by atoms with Crippen LogP contribution in [0.4, 0.5) is 14.5 Å². The van der Waals surface area contributed by atoms with E-state index in [4.69, 9.17) is 5.26 Å². The highest BCUT2D eigenvalue weighted by Gasteiger charge is 2.22. The number of aromatic nitrogens is 1. The molecule has 0 unspecified atom stereocenters. The third-order valence-corrected chi connectivity index (χ3v) is 2.54. The summed E-state index contributed by atoms with van der Waals surface area (Å²) in [4.78, 5) is 13.3. The van der Waals surface area contributed by atoms with Gasteiger partial charge < -0.3 is 0 Å². The molecule has 0 fully saturated rings. The van der Waals surface area contributed by atoms with Crippen molar-refractivity contribution in [1.82, 2.24) is 4.98 Å². The Morgan fingerprint density at radius 3 is 2.75 bits per heavy atom. The summed E-state index contributed by atoms with van der Waals surface area (Å²) in [6.45, 7) is 0. The normalized spacial score (nSPS) is 10.2. The highest BCUT2D eigenvalue weighted by molar-refractivity contribution is 14.1. The largest absolute Gasteiger partial charge is 0.301 e. The van der Waals surface area contributed by atoms with Gasteiger partial charge in [-0.2, -0.15) is 5.26 Å². The minimum Gasteiger partial charge on any atom is -0.258 e. The van der Waals surface area contributed by atoms with E-state index in [-0.39, 0.29) is 21.4 Å². The second-order valence-electron chi connectivity index (χ2n) is 2.74. The summed E-state index contributed by atoms with van der Waals surface area (Å²) in [6, 6.07) is 2.64. The zero-order valence-corrected chi connectivity index (χ0v) is 9.81. The average molecular weight is 339 g/mol. The molecule has 0 radical (unpaired) electrons. The molecule has 1 aromatic rings. The van der Waals surface area contributed by atoms with E-state index >= 15 is 0 Å². The topological polar surface area (TPSA) is 79.8 Å². The van der Waals surface area contributed by atoms with E-state index in [1.807, 2.05) is 0 Å². The number of hydrogen-bond donors (Lipinski definition) is 0. The Balaban J connectivity index is 3.38. The summed E-state index contributed by atoms with van der Waals surface area (Å²) in [5.41, 5.74) is -1.04. The Bertz CT molecular complexity index is 473. The Morgan fingerprint density at radius 2 is 2.31 bits per heavy atom. The van der Waals surface area contributed by atoms with Gasteiger partial charge in [-0.1, -0.05) is 0 Å². The summed E-state index contributed by atoms with van der Waals surface area (Å²) in [6.07, 6.45) is -3.18. The Kier molecular flexibility index (Phi) is 4.05. The van der Waals surface area contributed by atoms with Crippen molar-refractivity contribution in [2.24, 2.45) is 0 Å². The minimum atomic E-state index is -2.85. The van der Waals surface area contributed by atoms with E-state index in [2.05, 4.69) is 4.98 Å². The van der Waals surface area contributed by atoms with Gasteiger partial charge in [0.15, 0.2) is 3.70 Å². The second kappa shape index (κ2) is 5.11. The predicted octanol–water partition coefficient (Wildman–Crippen LogP) is 2.60. The van der Waals surface area contributed by atoms with E-state index in [1.165, 1.54) is 22.6 Å². The first-order chi connectivity index (χ1) is 7.47. The third-order valence-electron chi connectivity index (χ3n) is 1.74. The van der Waals surface area contributed by atoms with Crippen molar-refractivity contribution < 1.29 is 13.7 Å². The summed E-state index contributed by atoms with van der Waals surface area (Å²) in [5.74, 6) is 0. The molecule has 8 heteroatoms. The maximum atomic E-state index is 12.5. The maximum Gasteiger partial charge on any atom is 0.301 e. The van der Waals surface area contributed by atoms with Crippen molar-refractivity contribution in [3.8, 4) is 6.07 Å². The Labute approximate surface area is 102 Å². The van der Waals surface area contributed by atoms with Crippen LogP contribution in [-0.4, -0.2) is 9.91 Å². The molecule has 0 amide bonds. The summed E-state index contributed by atoms with van der Waals surface area (Å²) in [5, 5.41) is 19.0. The monoisotopic (exact) mass is 339 g/mol. The molecule has 0 atom stereocenters. The van der Waals surface area contributed by atoms with Crippen LogP contribution in [0.25, 0.3) is 0 Å². The molecule has 0 aliphatic heterocycles. The number of pyridine rings is 1. The van der Waals surface area contributed by atoms with Crippen molar-refractivity contribution in [3.63, 3.8) is 0 Å². The Morgan fingerprint density at radius 1 is 1.69 bits per heavy atom. The average Bonchev–Trinajstić information content (AvgIpc) is 2.19. The smallest absolute Gasteiger partial charge is 0.258 e. The number of nitro groups is 1. The highest BCUT2D eigenvalue weighted by atomic mass is 127. The lowest BCUT2D eigenvalue weighted by molar-refractivity contribution is -0.386. The number of hydrogen-bond acceptors (Lipinski definition) is 4. The van der Waals surface area contributed by atoms with Crippen molar-refractivity contribution in [2.45, 2.75) is 12.8 Å². The molecule has 0 aliphatic carbocycles. The molecule has 1 rings (SSSR count). The standard InChI is InChI=1S/C8H4F2IN3O2/c9-7(10)6-4(1-2-12)3-5(14(15)16)8(11)13-6/h3,7H,1H2. The van der Waals surface area contributed by atoms with Gasteiger partial charge >= 0.3 is 5.69 Å². The van der Waals surface area contributed by atoms with Crippen LogP contribution in [0.15, 0.2) is 6.07 Å². The van der Waals surface area contributed by atoms with Gasteiger partial charge in [-0.3, -0.25) is 10.1 Å². The SMILES string of the molecule is N#CCc1cc([N+](=O)[O-])c(I)nc1C(F)F. The molecular weight excluding hydrogens is 335 g/mol. The van der Waals surface area contributed by atoms with Gasteiger partial charge in [0.1, 0.15) is 5.69 Å². The van der Waals surface area contributed by atoms with Gasteiger partial charge in [0.2, 0.25) is 0 Å². The van der Waals surface area contributed by atoms with Gasteiger partial charge in [-0.15, -0.1) is 0 Å².